The standard InChI is InChI=1S/C12H13ClF2N4O/c13-10-1-2-11(20-12(14)15)9(7-10)8-16-3-5-19-6-4-17-18-19/h1-2,4,6-7,12,16H,3,5,8H2. The second-order valence-electron chi connectivity index (χ2n) is 3.97. The Morgan fingerprint density at radius 1 is 1.40 bits per heavy atom. The number of ether oxygens (including phenoxy) is 1. The van der Waals surface area contributed by atoms with Gasteiger partial charge in [-0.1, -0.05) is 16.8 Å². The Bertz CT molecular complexity index is 536. The van der Waals surface area contributed by atoms with Gasteiger partial charge in [-0.3, -0.25) is 4.68 Å². The number of nitrogens with one attached hydrogen (secondary N) is 1. The fourth-order valence-corrected chi connectivity index (χ4v) is 1.86. The number of aromatic nitrogens is 3. The smallest absolute Gasteiger partial charge is 0.387 e. The third-order valence-electron chi connectivity index (χ3n) is 2.54. The Labute approximate surface area is 119 Å². The molecule has 0 amide bonds. The lowest BCUT2D eigenvalue weighted by molar-refractivity contribution is -0.0504. The van der Waals surface area contributed by atoms with Crippen LogP contribution in [0.2, 0.25) is 5.02 Å². The molecule has 20 heavy (non-hydrogen) atoms. The van der Waals surface area contributed by atoms with Gasteiger partial charge in [0.2, 0.25) is 0 Å². The minimum atomic E-state index is -2.86. The van der Waals surface area contributed by atoms with Crippen molar-refractivity contribution in [2.24, 2.45) is 0 Å². The Morgan fingerprint density at radius 2 is 2.25 bits per heavy atom. The van der Waals surface area contributed by atoms with Crippen molar-refractivity contribution in [2.45, 2.75) is 19.7 Å². The van der Waals surface area contributed by atoms with E-state index in [0.29, 0.717) is 30.2 Å². The van der Waals surface area contributed by atoms with E-state index in [4.69, 9.17) is 11.6 Å². The zero-order valence-corrected chi connectivity index (χ0v) is 11.2. The molecule has 0 aliphatic carbocycles. The van der Waals surface area contributed by atoms with Gasteiger partial charge >= 0.3 is 6.61 Å². The van der Waals surface area contributed by atoms with E-state index >= 15 is 0 Å². The van der Waals surface area contributed by atoms with Crippen molar-refractivity contribution in [3.63, 3.8) is 0 Å². The van der Waals surface area contributed by atoms with Gasteiger partial charge in [-0.25, -0.2) is 0 Å². The Morgan fingerprint density at radius 3 is 2.95 bits per heavy atom. The van der Waals surface area contributed by atoms with Crippen molar-refractivity contribution in [3.8, 4) is 5.75 Å². The van der Waals surface area contributed by atoms with E-state index in [1.807, 2.05) is 0 Å². The van der Waals surface area contributed by atoms with Crippen molar-refractivity contribution in [1.29, 1.82) is 0 Å². The predicted octanol–water partition coefficient (Wildman–Crippen LogP) is 2.32. The van der Waals surface area contributed by atoms with Crippen molar-refractivity contribution in [2.75, 3.05) is 6.54 Å². The van der Waals surface area contributed by atoms with Crippen LogP contribution in [0.15, 0.2) is 30.6 Å². The first kappa shape index (κ1) is 14.7. The molecular weight excluding hydrogens is 290 g/mol. The average Bonchev–Trinajstić information content (AvgIpc) is 2.90. The zero-order valence-electron chi connectivity index (χ0n) is 10.5. The SMILES string of the molecule is FC(F)Oc1ccc(Cl)cc1CNCCn1ccnn1. The third kappa shape index (κ3) is 4.43. The van der Waals surface area contributed by atoms with E-state index in [2.05, 4.69) is 20.4 Å². The average molecular weight is 303 g/mol. The molecule has 0 aliphatic heterocycles. The summed E-state index contributed by atoms with van der Waals surface area (Å²) in [4.78, 5) is 0. The lowest BCUT2D eigenvalue weighted by atomic mass is 10.2. The molecule has 5 nitrogen and oxygen atoms in total. The molecule has 8 heteroatoms. The largest absolute Gasteiger partial charge is 0.434 e. The highest BCUT2D eigenvalue weighted by molar-refractivity contribution is 6.30. The van der Waals surface area contributed by atoms with Crippen LogP contribution in [0.1, 0.15) is 5.56 Å². The fourth-order valence-electron chi connectivity index (χ4n) is 1.67. The molecule has 0 bridgehead atoms. The van der Waals surface area contributed by atoms with Crippen molar-refractivity contribution >= 4 is 11.6 Å². The van der Waals surface area contributed by atoms with E-state index in [1.54, 1.807) is 23.1 Å². The summed E-state index contributed by atoms with van der Waals surface area (Å²) in [6.07, 6.45) is 3.33. The van der Waals surface area contributed by atoms with Gasteiger partial charge in [-0.15, -0.1) is 5.10 Å². The molecule has 0 radical (unpaired) electrons. The van der Waals surface area contributed by atoms with Crippen LogP contribution in [0.25, 0.3) is 0 Å². The summed E-state index contributed by atoms with van der Waals surface area (Å²) >= 11 is 5.85. The van der Waals surface area contributed by atoms with Crippen molar-refractivity contribution in [3.05, 3.63) is 41.2 Å². The third-order valence-corrected chi connectivity index (χ3v) is 2.78. The van der Waals surface area contributed by atoms with Gasteiger partial charge in [0, 0.05) is 29.9 Å². The van der Waals surface area contributed by atoms with Gasteiger partial charge in [0.15, 0.2) is 0 Å². The van der Waals surface area contributed by atoms with Crippen LogP contribution in [-0.2, 0) is 13.1 Å². The normalized spacial score (nSPS) is 11.0. The molecule has 1 aromatic carbocycles. The van der Waals surface area contributed by atoms with Crippen molar-refractivity contribution < 1.29 is 13.5 Å². The molecule has 2 aromatic rings. The van der Waals surface area contributed by atoms with E-state index in [-0.39, 0.29) is 5.75 Å². The Hall–Kier alpha value is -1.73. The first-order valence-corrected chi connectivity index (χ1v) is 6.31. The van der Waals surface area contributed by atoms with Crippen LogP contribution in [0.5, 0.6) is 5.75 Å². The molecule has 1 aromatic heterocycles. The molecule has 0 aliphatic rings. The molecule has 2 rings (SSSR count). The van der Waals surface area contributed by atoms with E-state index in [1.165, 1.54) is 12.1 Å². The molecule has 0 fully saturated rings. The van der Waals surface area contributed by atoms with E-state index in [9.17, 15) is 8.78 Å². The molecule has 1 N–H and O–H groups in total. The topological polar surface area (TPSA) is 52.0 Å². The molecule has 108 valence electrons. The van der Waals surface area contributed by atoms with Crippen LogP contribution in [-0.4, -0.2) is 28.2 Å². The van der Waals surface area contributed by atoms with Gasteiger partial charge < -0.3 is 10.1 Å². The summed E-state index contributed by atoms with van der Waals surface area (Å²) in [5.41, 5.74) is 0.580. The lowest BCUT2D eigenvalue weighted by Crippen LogP contribution is -2.20. The van der Waals surface area contributed by atoms with Crippen LogP contribution in [0.4, 0.5) is 8.78 Å². The quantitative estimate of drug-likeness (QED) is 0.798. The monoisotopic (exact) mass is 302 g/mol. The minimum Gasteiger partial charge on any atom is -0.434 e. The van der Waals surface area contributed by atoms with E-state index in [0.717, 1.165) is 0 Å². The van der Waals surface area contributed by atoms with Gasteiger partial charge in [0.25, 0.3) is 0 Å². The maximum Gasteiger partial charge on any atom is 0.387 e. The summed E-state index contributed by atoms with van der Waals surface area (Å²) in [7, 11) is 0. The summed E-state index contributed by atoms with van der Waals surface area (Å²) in [6, 6.07) is 4.54. The number of alkyl halides is 2. The molecular formula is C12H13ClF2N4O. The Kier molecular flexibility index (Phi) is 5.25. The van der Waals surface area contributed by atoms with Crippen molar-refractivity contribution in [1.82, 2.24) is 20.3 Å². The second kappa shape index (κ2) is 7.16. The predicted molar refractivity (Wildman–Crippen MR) is 69.8 cm³/mol. The summed E-state index contributed by atoms with van der Waals surface area (Å²) in [5.74, 6) is 0.123. The molecule has 0 atom stereocenters. The molecule has 0 saturated heterocycles. The zero-order chi connectivity index (χ0) is 14.4. The highest BCUT2D eigenvalue weighted by Gasteiger charge is 2.10. The maximum atomic E-state index is 12.3. The van der Waals surface area contributed by atoms with Crippen LogP contribution >= 0.6 is 11.6 Å². The fraction of sp³-hybridized carbons (Fsp3) is 0.333. The second-order valence-corrected chi connectivity index (χ2v) is 4.41. The number of hydrogen-bond acceptors (Lipinski definition) is 4. The maximum absolute atomic E-state index is 12.3. The number of halogens is 3. The summed E-state index contributed by atoms with van der Waals surface area (Å²) < 4.78 is 30.7. The highest BCUT2D eigenvalue weighted by Crippen LogP contribution is 2.24. The molecule has 0 saturated carbocycles. The van der Waals surface area contributed by atoms with Gasteiger partial charge in [-0.2, -0.15) is 8.78 Å². The summed E-state index contributed by atoms with van der Waals surface area (Å²) in [5, 5.41) is 11.1. The van der Waals surface area contributed by atoms with E-state index < -0.39 is 6.61 Å². The highest BCUT2D eigenvalue weighted by atomic mass is 35.5. The van der Waals surface area contributed by atoms with Crippen LogP contribution in [0.3, 0.4) is 0 Å². The van der Waals surface area contributed by atoms with Gasteiger partial charge in [-0.05, 0) is 18.2 Å². The molecule has 1 heterocycles. The van der Waals surface area contributed by atoms with Gasteiger partial charge in [0.1, 0.15) is 5.75 Å². The first-order valence-electron chi connectivity index (χ1n) is 5.93. The van der Waals surface area contributed by atoms with Gasteiger partial charge in [0.05, 0.1) is 12.7 Å². The van der Waals surface area contributed by atoms with Crippen LogP contribution in [0, 0.1) is 0 Å². The molecule has 0 spiro atoms. The first-order chi connectivity index (χ1) is 9.65. The number of hydrogen-bond donors (Lipinski definition) is 1. The number of rotatable bonds is 7. The lowest BCUT2D eigenvalue weighted by Gasteiger charge is -2.12. The minimum absolute atomic E-state index is 0.123. The van der Waals surface area contributed by atoms with Crippen LogP contribution < -0.4 is 10.1 Å². The number of nitrogens with zero attached hydrogens (tertiary/aromatic N) is 3. The molecule has 0 unspecified atom stereocenters. The number of benzene rings is 1. The Balaban J connectivity index is 1.88. The summed E-state index contributed by atoms with van der Waals surface area (Å²) in [6.45, 7) is -1.24.